The van der Waals surface area contributed by atoms with Crippen LogP contribution in [-0.2, 0) is 0 Å². The Bertz CT molecular complexity index is 406. The molecule has 0 bridgehead atoms. The Labute approximate surface area is 132 Å². The standard InChI is InChI=1S/C17H29BrN2/c1-6-16(19)17(14-8-7-9-15(18)11-14)20(5)13(4)10-12(2)3/h7-9,11-13,16-17H,6,10,19H2,1-5H3. The molecule has 1 rings (SSSR count). The van der Waals surface area contributed by atoms with Crippen molar-refractivity contribution in [3.05, 3.63) is 34.3 Å². The van der Waals surface area contributed by atoms with Crippen molar-refractivity contribution in [3.8, 4) is 0 Å². The number of hydrogen-bond acceptors (Lipinski definition) is 2. The summed E-state index contributed by atoms with van der Waals surface area (Å²) < 4.78 is 1.12. The van der Waals surface area contributed by atoms with E-state index in [0.717, 1.165) is 10.9 Å². The predicted molar refractivity (Wildman–Crippen MR) is 91.8 cm³/mol. The third kappa shape index (κ3) is 4.87. The molecule has 2 N–H and O–H groups in total. The van der Waals surface area contributed by atoms with E-state index in [1.54, 1.807) is 0 Å². The van der Waals surface area contributed by atoms with E-state index < -0.39 is 0 Å². The summed E-state index contributed by atoms with van der Waals surface area (Å²) in [6, 6.07) is 9.49. The second-order valence-corrected chi connectivity index (χ2v) is 7.13. The van der Waals surface area contributed by atoms with Crippen molar-refractivity contribution in [1.29, 1.82) is 0 Å². The molecule has 3 heteroatoms. The highest BCUT2D eigenvalue weighted by Gasteiger charge is 2.26. The molecule has 1 aromatic carbocycles. The van der Waals surface area contributed by atoms with Crippen LogP contribution < -0.4 is 5.73 Å². The van der Waals surface area contributed by atoms with E-state index in [2.05, 4.69) is 79.8 Å². The Hall–Kier alpha value is -0.380. The zero-order chi connectivity index (χ0) is 15.3. The van der Waals surface area contributed by atoms with Crippen LogP contribution in [0.4, 0.5) is 0 Å². The van der Waals surface area contributed by atoms with Crippen LogP contribution in [0.3, 0.4) is 0 Å². The van der Waals surface area contributed by atoms with E-state index >= 15 is 0 Å². The maximum absolute atomic E-state index is 6.41. The summed E-state index contributed by atoms with van der Waals surface area (Å²) in [6.07, 6.45) is 2.17. The monoisotopic (exact) mass is 340 g/mol. The van der Waals surface area contributed by atoms with Crippen LogP contribution in [-0.4, -0.2) is 24.0 Å². The van der Waals surface area contributed by atoms with Crippen LogP contribution in [0.15, 0.2) is 28.7 Å². The summed E-state index contributed by atoms with van der Waals surface area (Å²) in [4.78, 5) is 2.44. The minimum atomic E-state index is 0.156. The summed E-state index contributed by atoms with van der Waals surface area (Å²) in [5.74, 6) is 0.702. The average Bonchev–Trinajstić information content (AvgIpc) is 2.37. The molecule has 0 aliphatic rings. The first-order valence-electron chi connectivity index (χ1n) is 7.59. The SMILES string of the molecule is CCC(N)C(c1cccc(Br)c1)N(C)C(C)CC(C)C. The van der Waals surface area contributed by atoms with E-state index in [1.165, 1.54) is 12.0 Å². The van der Waals surface area contributed by atoms with Gasteiger partial charge in [-0.15, -0.1) is 0 Å². The maximum Gasteiger partial charge on any atom is 0.0499 e. The van der Waals surface area contributed by atoms with Crippen molar-refractivity contribution >= 4 is 15.9 Å². The second-order valence-electron chi connectivity index (χ2n) is 6.22. The lowest BCUT2D eigenvalue weighted by Crippen LogP contribution is -2.43. The minimum Gasteiger partial charge on any atom is -0.326 e. The van der Waals surface area contributed by atoms with E-state index in [0.29, 0.717) is 12.0 Å². The second kappa shape index (κ2) is 8.16. The van der Waals surface area contributed by atoms with Gasteiger partial charge >= 0.3 is 0 Å². The Kier molecular flexibility index (Phi) is 7.21. The topological polar surface area (TPSA) is 29.3 Å². The van der Waals surface area contributed by atoms with E-state index in [-0.39, 0.29) is 12.1 Å². The molecule has 0 aliphatic heterocycles. The maximum atomic E-state index is 6.41. The Morgan fingerprint density at radius 2 is 1.90 bits per heavy atom. The number of hydrogen-bond donors (Lipinski definition) is 1. The van der Waals surface area contributed by atoms with Crippen molar-refractivity contribution in [2.24, 2.45) is 11.7 Å². The van der Waals surface area contributed by atoms with Crippen LogP contribution in [0.5, 0.6) is 0 Å². The van der Waals surface area contributed by atoms with Crippen molar-refractivity contribution in [3.63, 3.8) is 0 Å². The molecule has 0 amide bonds. The normalized spacial score (nSPS) is 16.4. The fourth-order valence-electron chi connectivity index (χ4n) is 2.82. The van der Waals surface area contributed by atoms with Crippen LogP contribution in [0.1, 0.15) is 52.1 Å². The molecule has 20 heavy (non-hydrogen) atoms. The van der Waals surface area contributed by atoms with Crippen molar-refractivity contribution in [2.75, 3.05) is 7.05 Å². The number of benzene rings is 1. The van der Waals surface area contributed by atoms with Gasteiger partial charge in [-0.25, -0.2) is 0 Å². The molecule has 0 saturated heterocycles. The molecule has 0 fully saturated rings. The third-order valence-electron chi connectivity index (χ3n) is 4.01. The molecule has 0 radical (unpaired) electrons. The molecule has 0 aromatic heterocycles. The van der Waals surface area contributed by atoms with Crippen molar-refractivity contribution in [2.45, 2.75) is 58.7 Å². The molecule has 0 aliphatic carbocycles. The molecule has 0 heterocycles. The van der Waals surface area contributed by atoms with Crippen molar-refractivity contribution < 1.29 is 0 Å². The van der Waals surface area contributed by atoms with Crippen LogP contribution in [0.2, 0.25) is 0 Å². The van der Waals surface area contributed by atoms with Gasteiger partial charge in [-0.1, -0.05) is 48.8 Å². The Morgan fingerprint density at radius 3 is 2.40 bits per heavy atom. The smallest absolute Gasteiger partial charge is 0.0499 e. The third-order valence-corrected chi connectivity index (χ3v) is 4.51. The highest BCUT2D eigenvalue weighted by molar-refractivity contribution is 9.10. The van der Waals surface area contributed by atoms with Gasteiger partial charge < -0.3 is 5.73 Å². The largest absolute Gasteiger partial charge is 0.326 e. The van der Waals surface area contributed by atoms with E-state index in [9.17, 15) is 0 Å². The lowest BCUT2D eigenvalue weighted by atomic mass is 9.94. The molecule has 3 unspecified atom stereocenters. The van der Waals surface area contributed by atoms with Gasteiger partial charge in [-0.3, -0.25) is 4.90 Å². The molecule has 114 valence electrons. The summed E-state index contributed by atoms with van der Waals surface area (Å²) in [5, 5.41) is 0. The van der Waals surface area contributed by atoms with Gasteiger partial charge in [-0.2, -0.15) is 0 Å². The van der Waals surface area contributed by atoms with Gasteiger partial charge in [0.25, 0.3) is 0 Å². The Balaban J connectivity index is 3.00. The van der Waals surface area contributed by atoms with Crippen molar-refractivity contribution in [1.82, 2.24) is 4.90 Å². The van der Waals surface area contributed by atoms with E-state index in [1.807, 2.05) is 0 Å². The van der Waals surface area contributed by atoms with Gasteiger partial charge in [0.15, 0.2) is 0 Å². The highest BCUT2D eigenvalue weighted by Crippen LogP contribution is 2.29. The summed E-state index contributed by atoms with van der Waals surface area (Å²) >= 11 is 3.57. The lowest BCUT2D eigenvalue weighted by molar-refractivity contribution is 0.142. The van der Waals surface area contributed by atoms with E-state index in [4.69, 9.17) is 5.73 Å². The van der Waals surface area contributed by atoms with Crippen LogP contribution in [0, 0.1) is 5.92 Å². The fraction of sp³-hybridized carbons (Fsp3) is 0.647. The summed E-state index contributed by atoms with van der Waals surface area (Å²) in [6.45, 7) is 9.01. The molecular formula is C17H29BrN2. The first-order chi connectivity index (χ1) is 9.36. The lowest BCUT2D eigenvalue weighted by Gasteiger charge is -2.37. The molecule has 0 saturated carbocycles. The van der Waals surface area contributed by atoms with Crippen LogP contribution in [0.25, 0.3) is 0 Å². The van der Waals surface area contributed by atoms with Gasteiger partial charge in [0.2, 0.25) is 0 Å². The number of halogens is 1. The zero-order valence-electron chi connectivity index (χ0n) is 13.4. The van der Waals surface area contributed by atoms with Crippen LogP contribution >= 0.6 is 15.9 Å². The molecule has 0 spiro atoms. The predicted octanol–water partition coefficient (Wildman–Crippen LogP) is 4.59. The summed E-state index contributed by atoms with van der Waals surface area (Å²) in [7, 11) is 2.20. The van der Waals surface area contributed by atoms with Gasteiger partial charge in [-0.05, 0) is 50.4 Å². The number of nitrogens with zero attached hydrogens (tertiary/aromatic N) is 1. The molecule has 1 aromatic rings. The fourth-order valence-corrected chi connectivity index (χ4v) is 3.24. The average molecular weight is 341 g/mol. The summed E-state index contributed by atoms with van der Waals surface area (Å²) in [5.41, 5.74) is 7.71. The first kappa shape index (κ1) is 17.7. The number of likely N-dealkylation sites (N-methyl/N-ethyl adjacent to an activating group) is 1. The highest BCUT2D eigenvalue weighted by atomic mass is 79.9. The van der Waals surface area contributed by atoms with Gasteiger partial charge in [0.05, 0.1) is 0 Å². The quantitative estimate of drug-likeness (QED) is 0.786. The van der Waals surface area contributed by atoms with Gasteiger partial charge in [0.1, 0.15) is 0 Å². The first-order valence-corrected chi connectivity index (χ1v) is 8.39. The Morgan fingerprint density at radius 1 is 1.25 bits per heavy atom. The zero-order valence-corrected chi connectivity index (χ0v) is 15.0. The molecule has 2 nitrogen and oxygen atoms in total. The van der Waals surface area contributed by atoms with Gasteiger partial charge in [0, 0.05) is 22.6 Å². The minimum absolute atomic E-state index is 0.156. The molecular weight excluding hydrogens is 312 g/mol. The number of rotatable bonds is 7. The number of nitrogens with two attached hydrogens (primary N) is 1. The molecule has 3 atom stereocenters.